The summed E-state index contributed by atoms with van der Waals surface area (Å²) in [5, 5.41) is 11.1. The first-order chi connectivity index (χ1) is 26.8. The maximum absolute atomic E-state index is 2.66. The summed E-state index contributed by atoms with van der Waals surface area (Å²) in [6, 6.07) is 57.7. The first-order valence-corrected chi connectivity index (χ1v) is 26.2. The quantitative estimate of drug-likeness (QED) is 0.165. The summed E-state index contributed by atoms with van der Waals surface area (Å²) < 4.78 is 2.74. The zero-order chi connectivity index (χ0) is 37.2. The normalized spacial score (nSPS) is 13.6. The Morgan fingerprint density at radius 2 is 1.04 bits per heavy atom. The van der Waals surface area contributed by atoms with Gasteiger partial charge in [-0.1, -0.05) is 142 Å². The Morgan fingerprint density at radius 1 is 0.473 bits per heavy atom. The van der Waals surface area contributed by atoms with Gasteiger partial charge in [0.2, 0.25) is 0 Å². The lowest BCUT2D eigenvalue weighted by atomic mass is 9.33. The standard InChI is InChI=1S/C49H40BN2SSi2/c1-54(2)48-33-17-8-6-15-31(33)25-28-42(48)51-38-21-12-11-20-37(38)50-45-39(51)22-14-23-40(45)52(43-29-26-32-16-7-9-18-34(32)49(43)55(3,4)5)41-30-27-36-35-19-10-13-24-44(35)53-47(36)46(41)50/h6-30H,1-5H3. The second kappa shape index (κ2) is 12.0. The Hall–Kier alpha value is -5.40. The maximum atomic E-state index is 2.66. The number of benzene rings is 8. The van der Waals surface area contributed by atoms with Crippen LogP contribution in [0, 0.1) is 0 Å². The number of anilines is 6. The molecule has 0 atom stereocenters. The lowest BCUT2D eigenvalue weighted by Gasteiger charge is -2.45. The van der Waals surface area contributed by atoms with Crippen molar-refractivity contribution in [2.75, 3.05) is 9.80 Å². The Kier molecular flexibility index (Phi) is 7.22. The smallest absolute Gasteiger partial charge is 0.254 e. The molecule has 0 unspecified atom stereocenters. The van der Waals surface area contributed by atoms with E-state index in [1.165, 1.54) is 103 Å². The Labute approximate surface area is 330 Å². The van der Waals surface area contributed by atoms with Gasteiger partial charge in [0, 0.05) is 48.9 Å². The molecule has 0 bridgehead atoms. The number of para-hydroxylation sites is 1. The lowest BCUT2D eigenvalue weighted by molar-refractivity contribution is 1.27. The summed E-state index contributed by atoms with van der Waals surface area (Å²) in [5.74, 6) is 0. The Bertz CT molecular complexity index is 3050. The van der Waals surface area contributed by atoms with Crippen LogP contribution in [0.4, 0.5) is 34.1 Å². The minimum atomic E-state index is -1.89. The number of fused-ring (bicyclic) bond motifs is 10. The molecule has 263 valence electrons. The van der Waals surface area contributed by atoms with Crippen molar-refractivity contribution in [3.8, 4) is 0 Å². The number of rotatable bonds is 4. The van der Waals surface area contributed by atoms with E-state index in [1.807, 2.05) is 11.3 Å². The fraction of sp³-hybridized carbons (Fsp3) is 0.102. The van der Waals surface area contributed by atoms with Gasteiger partial charge < -0.3 is 9.80 Å². The summed E-state index contributed by atoms with van der Waals surface area (Å²) in [4.78, 5) is 5.29. The fourth-order valence-electron chi connectivity index (χ4n) is 9.88. The Balaban J connectivity index is 1.29. The first kappa shape index (κ1) is 33.0. The molecule has 0 N–H and O–H groups in total. The number of thiophene rings is 1. The van der Waals surface area contributed by atoms with Crippen LogP contribution in [0.3, 0.4) is 0 Å². The maximum Gasteiger partial charge on any atom is 0.254 e. The van der Waals surface area contributed by atoms with Gasteiger partial charge in [-0.05, 0) is 96.2 Å². The highest BCUT2D eigenvalue weighted by Gasteiger charge is 2.45. The monoisotopic (exact) mass is 755 g/mol. The molecule has 11 rings (SSSR count). The van der Waals surface area contributed by atoms with E-state index >= 15 is 0 Å². The molecule has 2 aliphatic rings. The van der Waals surface area contributed by atoms with Crippen LogP contribution in [0.25, 0.3) is 41.7 Å². The van der Waals surface area contributed by atoms with Crippen LogP contribution in [0.1, 0.15) is 0 Å². The van der Waals surface area contributed by atoms with Gasteiger partial charge in [0.15, 0.2) is 0 Å². The van der Waals surface area contributed by atoms with Crippen LogP contribution in [0.5, 0.6) is 0 Å². The second-order valence-corrected chi connectivity index (χ2v) is 25.0. The molecule has 0 saturated heterocycles. The van der Waals surface area contributed by atoms with Crippen molar-refractivity contribution in [3.63, 3.8) is 0 Å². The molecule has 9 aromatic rings. The van der Waals surface area contributed by atoms with Gasteiger partial charge in [-0.15, -0.1) is 11.3 Å². The van der Waals surface area contributed by atoms with Crippen molar-refractivity contribution in [3.05, 3.63) is 152 Å². The molecular weight excluding hydrogens is 716 g/mol. The molecule has 1 aromatic heterocycles. The lowest BCUT2D eigenvalue weighted by Crippen LogP contribution is -2.62. The number of hydrogen-bond donors (Lipinski definition) is 0. The van der Waals surface area contributed by atoms with Gasteiger partial charge in [0.05, 0.1) is 16.9 Å². The van der Waals surface area contributed by atoms with Gasteiger partial charge in [-0.3, -0.25) is 0 Å². The average molecular weight is 756 g/mol. The van der Waals surface area contributed by atoms with Crippen molar-refractivity contribution in [2.45, 2.75) is 32.7 Å². The second-order valence-electron chi connectivity index (χ2n) is 16.5. The van der Waals surface area contributed by atoms with Gasteiger partial charge >= 0.3 is 0 Å². The molecule has 6 heteroatoms. The topological polar surface area (TPSA) is 6.48 Å². The predicted molar refractivity (Wildman–Crippen MR) is 248 cm³/mol. The highest BCUT2D eigenvalue weighted by atomic mass is 32.1. The third-order valence-electron chi connectivity index (χ3n) is 12.0. The number of nitrogens with zero attached hydrogens (tertiary/aromatic N) is 2. The Morgan fingerprint density at radius 3 is 1.78 bits per heavy atom. The predicted octanol–water partition coefficient (Wildman–Crippen LogP) is 11.0. The van der Waals surface area contributed by atoms with Gasteiger partial charge in [-0.25, -0.2) is 0 Å². The molecule has 2 nitrogen and oxygen atoms in total. The molecule has 2 aliphatic heterocycles. The highest BCUT2D eigenvalue weighted by molar-refractivity contribution is 7.28. The zero-order valence-electron chi connectivity index (χ0n) is 31.8. The van der Waals surface area contributed by atoms with Gasteiger partial charge in [0.1, 0.15) is 0 Å². The fourth-order valence-corrected chi connectivity index (χ4v) is 14.6. The molecule has 1 radical (unpaired) electrons. The SMILES string of the molecule is C[Si](C)c1c(N2c3ccccc3B3c4c2cccc4N(c2ccc4ccccc4c2[Si](C)(C)C)c2ccc4c(sc5ccccc54)c23)ccc2ccccc12. The molecule has 0 fully saturated rings. The van der Waals surface area contributed by atoms with E-state index < -0.39 is 16.9 Å². The van der Waals surface area contributed by atoms with Crippen molar-refractivity contribution in [1.82, 2.24) is 0 Å². The summed E-state index contributed by atoms with van der Waals surface area (Å²) in [6.45, 7) is 12.5. The van der Waals surface area contributed by atoms with E-state index in [0.717, 1.165) is 0 Å². The van der Waals surface area contributed by atoms with E-state index in [1.54, 1.807) is 0 Å². The van der Waals surface area contributed by atoms with Crippen LogP contribution >= 0.6 is 11.3 Å². The third kappa shape index (κ3) is 4.72. The molecule has 0 aliphatic carbocycles. The molecule has 8 aromatic carbocycles. The molecule has 0 spiro atoms. The van der Waals surface area contributed by atoms with E-state index in [2.05, 4.69) is 194 Å². The molecule has 0 saturated carbocycles. The van der Waals surface area contributed by atoms with E-state index in [0.29, 0.717) is 0 Å². The van der Waals surface area contributed by atoms with E-state index in [9.17, 15) is 0 Å². The van der Waals surface area contributed by atoms with Crippen molar-refractivity contribution in [1.29, 1.82) is 0 Å². The summed E-state index contributed by atoms with van der Waals surface area (Å²) >= 11 is 1.96. The molecule has 0 amide bonds. The van der Waals surface area contributed by atoms with Crippen LogP contribution < -0.4 is 36.6 Å². The average Bonchev–Trinajstić information content (AvgIpc) is 3.58. The first-order valence-electron chi connectivity index (χ1n) is 19.4. The summed E-state index contributed by atoms with van der Waals surface area (Å²) in [6.07, 6.45) is 0. The van der Waals surface area contributed by atoms with E-state index in [4.69, 9.17) is 0 Å². The van der Waals surface area contributed by atoms with Crippen LogP contribution in [0.2, 0.25) is 32.7 Å². The minimum Gasteiger partial charge on any atom is -0.312 e. The summed E-state index contributed by atoms with van der Waals surface area (Å²) in [7, 11) is -2.76. The highest BCUT2D eigenvalue weighted by Crippen LogP contribution is 2.47. The van der Waals surface area contributed by atoms with Crippen molar-refractivity contribution >= 4 is 138 Å². The van der Waals surface area contributed by atoms with Crippen molar-refractivity contribution in [2.24, 2.45) is 0 Å². The van der Waals surface area contributed by atoms with E-state index in [-0.39, 0.29) is 6.71 Å². The zero-order valence-corrected chi connectivity index (χ0v) is 34.6. The molecular formula is C49H40BN2SSi2. The van der Waals surface area contributed by atoms with Crippen LogP contribution in [-0.2, 0) is 0 Å². The minimum absolute atomic E-state index is 0.0781. The van der Waals surface area contributed by atoms with Gasteiger partial charge in [-0.2, -0.15) is 0 Å². The van der Waals surface area contributed by atoms with Crippen LogP contribution in [-0.4, -0.2) is 23.6 Å². The van der Waals surface area contributed by atoms with Crippen LogP contribution in [0.15, 0.2) is 152 Å². The largest absolute Gasteiger partial charge is 0.312 e. The molecule has 3 heterocycles. The molecule has 55 heavy (non-hydrogen) atoms. The van der Waals surface area contributed by atoms with Crippen molar-refractivity contribution < 1.29 is 0 Å². The third-order valence-corrected chi connectivity index (χ3v) is 16.7. The summed E-state index contributed by atoms with van der Waals surface area (Å²) in [5.41, 5.74) is 12.0. The number of hydrogen-bond acceptors (Lipinski definition) is 3. The van der Waals surface area contributed by atoms with Gasteiger partial charge in [0.25, 0.3) is 6.71 Å².